The van der Waals surface area contributed by atoms with Crippen molar-refractivity contribution in [1.29, 1.82) is 0 Å². The molecular formula is C11H9BrClFN2S. The molecule has 0 amide bonds. The van der Waals surface area contributed by atoms with Gasteiger partial charge in [-0.15, -0.1) is 11.3 Å². The van der Waals surface area contributed by atoms with Crippen LogP contribution in [0, 0.1) is 5.82 Å². The van der Waals surface area contributed by atoms with Crippen LogP contribution in [-0.2, 0) is 0 Å². The van der Waals surface area contributed by atoms with Crippen LogP contribution in [0.1, 0.15) is 16.5 Å². The summed E-state index contributed by atoms with van der Waals surface area (Å²) in [7, 11) is 0. The molecule has 0 aliphatic heterocycles. The fourth-order valence-electron chi connectivity index (χ4n) is 1.53. The lowest BCUT2D eigenvalue weighted by molar-refractivity contribution is 0.603. The number of rotatable bonds is 3. The monoisotopic (exact) mass is 334 g/mol. The fraction of sp³-hybridized carbons (Fsp3) is 0.0909. The summed E-state index contributed by atoms with van der Waals surface area (Å²) in [4.78, 5) is 0.871. The number of halogens is 3. The van der Waals surface area contributed by atoms with E-state index in [1.165, 1.54) is 17.4 Å². The first-order chi connectivity index (χ1) is 8.13. The highest BCUT2D eigenvalue weighted by molar-refractivity contribution is 9.10. The highest BCUT2D eigenvalue weighted by atomic mass is 79.9. The van der Waals surface area contributed by atoms with Gasteiger partial charge in [-0.1, -0.05) is 17.7 Å². The minimum absolute atomic E-state index is 0.301. The van der Waals surface area contributed by atoms with Gasteiger partial charge in [0.2, 0.25) is 0 Å². The van der Waals surface area contributed by atoms with E-state index in [1.54, 1.807) is 18.2 Å². The maximum atomic E-state index is 13.5. The van der Waals surface area contributed by atoms with E-state index in [9.17, 15) is 4.39 Å². The molecule has 90 valence electrons. The van der Waals surface area contributed by atoms with E-state index in [0.717, 1.165) is 10.4 Å². The maximum Gasteiger partial charge on any atom is 0.137 e. The van der Waals surface area contributed by atoms with Gasteiger partial charge < -0.3 is 0 Å². The van der Waals surface area contributed by atoms with Crippen molar-refractivity contribution >= 4 is 38.9 Å². The van der Waals surface area contributed by atoms with Crippen LogP contribution in [0.4, 0.5) is 4.39 Å². The van der Waals surface area contributed by atoms with Crippen molar-refractivity contribution in [2.24, 2.45) is 5.84 Å². The van der Waals surface area contributed by atoms with Gasteiger partial charge in [0.05, 0.1) is 15.5 Å². The molecule has 0 aliphatic rings. The second kappa shape index (κ2) is 5.46. The number of benzene rings is 1. The Balaban J connectivity index is 2.42. The van der Waals surface area contributed by atoms with Crippen molar-refractivity contribution in [2.75, 3.05) is 0 Å². The van der Waals surface area contributed by atoms with E-state index in [1.807, 2.05) is 5.38 Å². The predicted molar refractivity (Wildman–Crippen MR) is 72.6 cm³/mol. The zero-order valence-electron chi connectivity index (χ0n) is 8.58. The normalized spacial score (nSPS) is 12.7. The summed E-state index contributed by atoms with van der Waals surface area (Å²) in [5.41, 5.74) is 3.39. The molecule has 0 radical (unpaired) electrons. The molecule has 0 fully saturated rings. The van der Waals surface area contributed by atoms with Gasteiger partial charge in [-0.25, -0.2) is 9.82 Å². The smallest absolute Gasteiger partial charge is 0.137 e. The quantitative estimate of drug-likeness (QED) is 0.660. The van der Waals surface area contributed by atoms with Gasteiger partial charge >= 0.3 is 0 Å². The lowest BCUT2D eigenvalue weighted by Crippen LogP contribution is -2.28. The summed E-state index contributed by atoms with van der Waals surface area (Å²) in [5.74, 6) is 5.19. The predicted octanol–water partition coefficient (Wildman–Crippen LogP) is 3.86. The SMILES string of the molecule is NNC(c1ccc(Br)c(F)c1)c1sccc1Cl. The van der Waals surface area contributed by atoms with Gasteiger partial charge in [0.15, 0.2) is 0 Å². The van der Waals surface area contributed by atoms with Gasteiger partial charge in [-0.05, 0) is 45.1 Å². The molecule has 0 spiro atoms. The summed E-state index contributed by atoms with van der Waals surface area (Å²) >= 11 is 10.6. The molecule has 17 heavy (non-hydrogen) atoms. The van der Waals surface area contributed by atoms with E-state index in [0.29, 0.717) is 9.50 Å². The van der Waals surface area contributed by atoms with Crippen LogP contribution in [0.15, 0.2) is 34.1 Å². The zero-order valence-corrected chi connectivity index (χ0v) is 11.7. The lowest BCUT2D eigenvalue weighted by Gasteiger charge is -2.15. The molecule has 1 unspecified atom stereocenters. The molecule has 0 aliphatic carbocycles. The van der Waals surface area contributed by atoms with Crippen LogP contribution in [-0.4, -0.2) is 0 Å². The second-order valence-corrected chi connectivity index (χ2v) is 5.62. The van der Waals surface area contributed by atoms with E-state index >= 15 is 0 Å². The minimum Gasteiger partial charge on any atom is -0.271 e. The first kappa shape index (κ1) is 13.0. The number of nitrogens with two attached hydrogens (primary N) is 1. The van der Waals surface area contributed by atoms with Crippen LogP contribution < -0.4 is 11.3 Å². The molecule has 2 nitrogen and oxygen atoms in total. The van der Waals surface area contributed by atoms with Crippen molar-refractivity contribution in [3.63, 3.8) is 0 Å². The molecule has 0 saturated carbocycles. The van der Waals surface area contributed by atoms with Crippen molar-refractivity contribution in [3.05, 3.63) is 55.4 Å². The van der Waals surface area contributed by atoms with E-state index in [2.05, 4.69) is 21.4 Å². The number of thiophene rings is 1. The highest BCUT2D eigenvalue weighted by Gasteiger charge is 2.18. The molecule has 6 heteroatoms. The molecule has 0 saturated heterocycles. The van der Waals surface area contributed by atoms with Crippen molar-refractivity contribution in [1.82, 2.24) is 5.43 Å². The Morgan fingerprint density at radius 1 is 1.41 bits per heavy atom. The van der Waals surface area contributed by atoms with E-state index < -0.39 is 0 Å². The highest BCUT2D eigenvalue weighted by Crippen LogP contribution is 2.33. The zero-order chi connectivity index (χ0) is 12.4. The molecule has 0 bridgehead atoms. The van der Waals surface area contributed by atoms with E-state index in [-0.39, 0.29) is 11.9 Å². The first-order valence-corrected chi connectivity index (χ1v) is 6.82. The molecule has 1 aromatic carbocycles. The van der Waals surface area contributed by atoms with Gasteiger partial charge in [-0.2, -0.15) is 0 Å². The van der Waals surface area contributed by atoms with Gasteiger partial charge in [0, 0.05) is 4.88 Å². The minimum atomic E-state index is -0.324. The summed E-state index contributed by atoms with van der Waals surface area (Å²) in [5, 5.41) is 2.50. The summed E-state index contributed by atoms with van der Waals surface area (Å²) < 4.78 is 13.9. The molecule has 1 heterocycles. The molecule has 1 aromatic heterocycles. The lowest BCUT2D eigenvalue weighted by atomic mass is 10.1. The third-order valence-electron chi connectivity index (χ3n) is 2.35. The number of nitrogens with one attached hydrogen (secondary N) is 1. The average molecular weight is 336 g/mol. The third kappa shape index (κ3) is 2.69. The third-order valence-corrected chi connectivity index (χ3v) is 4.42. The van der Waals surface area contributed by atoms with Gasteiger partial charge in [-0.3, -0.25) is 5.84 Å². The largest absolute Gasteiger partial charge is 0.271 e. The summed E-state index contributed by atoms with van der Waals surface area (Å²) in [6, 6.07) is 6.38. The fourth-order valence-corrected chi connectivity index (χ4v) is 3.03. The standard InChI is InChI=1S/C11H9BrClFN2S/c12-7-2-1-6(5-9(7)14)10(16-15)11-8(13)3-4-17-11/h1-5,10,16H,15H2. The Morgan fingerprint density at radius 2 is 2.18 bits per heavy atom. The molecule has 3 N–H and O–H groups in total. The van der Waals surface area contributed by atoms with Crippen LogP contribution in [0.5, 0.6) is 0 Å². The van der Waals surface area contributed by atoms with Crippen molar-refractivity contribution in [3.8, 4) is 0 Å². The number of hydrogen-bond acceptors (Lipinski definition) is 3. The molecule has 1 atom stereocenters. The van der Waals surface area contributed by atoms with Crippen LogP contribution in [0.2, 0.25) is 5.02 Å². The van der Waals surface area contributed by atoms with E-state index in [4.69, 9.17) is 17.4 Å². The van der Waals surface area contributed by atoms with Crippen LogP contribution >= 0.6 is 38.9 Å². The van der Waals surface area contributed by atoms with Crippen molar-refractivity contribution < 1.29 is 4.39 Å². The topological polar surface area (TPSA) is 38.0 Å². The Labute approximate surface area is 116 Å². The number of hydrogen-bond donors (Lipinski definition) is 2. The molecule has 2 aromatic rings. The Morgan fingerprint density at radius 3 is 2.71 bits per heavy atom. The van der Waals surface area contributed by atoms with Crippen molar-refractivity contribution in [2.45, 2.75) is 6.04 Å². The Kier molecular flexibility index (Phi) is 4.17. The molecule has 2 rings (SSSR count). The molecular weight excluding hydrogens is 327 g/mol. The van der Waals surface area contributed by atoms with Gasteiger partial charge in [0.25, 0.3) is 0 Å². The summed E-state index contributed by atoms with van der Waals surface area (Å²) in [6.07, 6.45) is 0. The second-order valence-electron chi connectivity index (χ2n) is 3.41. The summed E-state index contributed by atoms with van der Waals surface area (Å²) in [6.45, 7) is 0. The number of hydrazine groups is 1. The van der Waals surface area contributed by atoms with Crippen LogP contribution in [0.3, 0.4) is 0 Å². The van der Waals surface area contributed by atoms with Crippen LogP contribution in [0.25, 0.3) is 0 Å². The first-order valence-electron chi connectivity index (χ1n) is 4.77. The maximum absolute atomic E-state index is 13.5. The Hall–Kier alpha value is -0.460. The van der Waals surface area contributed by atoms with Gasteiger partial charge in [0.1, 0.15) is 5.82 Å². The average Bonchev–Trinajstić information content (AvgIpc) is 2.71. The Bertz CT molecular complexity index is 532.